The second-order valence-corrected chi connectivity index (χ2v) is 8.34. The van der Waals surface area contributed by atoms with Gasteiger partial charge in [0.25, 0.3) is 5.91 Å². The maximum atomic E-state index is 12.9. The average molecular weight is 470 g/mol. The van der Waals surface area contributed by atoms with E-state index in [0.29, 0.717) is 53.4 Å². The van der Waals surface area contributed by atoms with E-state index in [2.05, 4.69) is 10.9 Å². The Morgan fingerprint density at radius 1 is 1.09 bits per heavy atom. The lowest BCUT2D eigenvalue weighted by Gasteiger charge is -2.31. The number of furan rings is 1. The van der Waals surface area contributed by atoms with Crippen LogP contribution in [0.4, 0.5) is 0 Å². The number of para-hydroxylation sites is 1. The molecule has 0 aliphatic carbocycles. The Kier molecular flexibility index (Phi) is 6.55. The van der Waals surface area contributed by atoms with Crippen molar-refractivity contribution < 1.29 is 23.5 Å². The molecule has 0 atom stereocenters. The summed E-state index contributed by atoms with van der Waals surface area (Å²) in [5.74, 6) is -0.725. The number of fused-ring (bicyclic) bond motifs is 1. The smallest absolute Gasteiger partial charge is 0.305 e. The molecule has 1 aromatic heterocycles. The fourth-order valence-electron chi connectivity index (χ4n) is 4.03. The standard InChI is InChI=1S/C24H24ClN3O5/c1-14-17-5-3-4-6-20(17)33-21(14)23(30)27-26-22(29)15-9-11-28(12-10-15)24(31)18-13-16(25)7-8-19(18)32-2/h3-8,13,15H,9-12H2,1-2H3,(H,26,29)(H,27,30). The molecule has 2 aromatic carbocycles. The molecule has 2 heterocycles. The van der Waals surface area contributed by atoms with Gasteiger partial charge < -0.3 is 14.1 Å². The first-order chi connectivity index (χ1) is 15.9. The third-order valence-electron chi connectivity index (χ3n) is 5.89. The largest absolute Gasteiger partial charge is 0.496 e. The van der Waals surface area contributed by atoms with Crippen LogP contribution in [0.1, 0.15) is 39.3 Å². The summed E-state index contributed by atoms with van der Waals surface area (Å²) in [4.78, 5) is 39.7. The monoisotopic (exact) mass is 469 g/mol. The number of amides is 3. The van der Waals surface area contributed by atoms with Crippen LogP contribution in [0.5, 0.6) is 5.75 Å². The van der Waals surface area contributed by atoms with Crippen molar-refractivity contribution >= 4 is 40.3 Å². The number of nitrogens with zero attached hydrogens (tertiary/aromatic N) is 1. The van der Waals surface area contributed by atoms with Gasteiger partial charge in [-0.25, -0.2) is 0 Å². The van der Waals surface area contributed by atoms with Crippen molar-refractivity contribution in [2.24, 2.45) is 5.92 Å². The number of halogens is 1. The van der Waals surface area contributed by atoms with Crippen LogP contribution in [-0.2, 0) is 4.79 Å². The van der Waals surface area contributed by atoms with E-state index in [0.717, 1.165) is 5.39 Å². The first-order valence-electron chi connectivity index (χ1n) is 10.6. The number of piperidine rings is 1. The first-order valence-corrected chi connectivity index (χ1v) is 11.0. The average Bonchev–Trinajstić information content (AvgIpc) is 3.18. The molecular weight excluding hydrogens is 446 g/mol. The number of aryl methyl sites for hydroxylation is 1. The molecule has 0 radical (unpaired) electrons. The van der Waals surface area contributed by atoms with Gasteiger partial charge >= 0.3 is 5.91 Å². The molecule has 33 heavy (non-hydrogen) atoms. The van der Waals surface area contributed by atoms with Gasteiger partial charge in [-0.1, -0.05) is 29.8 Å². The summed E-state index contributed by atoms with van der Waals surface area (Å²) in [5.41, 5.74) is 6.63. The molecule has 2 N–H and O–H groups in total. The number of hydrazine groups is 1. The van der Waals surface area contributed by atoms with E-state index in [1.54, 1.807) is 36.1 Å². The lowest BCUT2D eigenvalue weighted by atomic mass is 9.95. The number of rotatable bonds is 4. The predicted molar refractivity (Wildman–Crippen MR) is 123 cm³/mol. The zero-order valence-electron chi connectivity index (χ0n) is 18.3. The van der Waals surface area contributed by atoms with Gasteiger partial charge in [-0.2, -0.15) is 0 Å². The van der Waals surface area contributed by atoms with E-state index in [4.69, 9.17) is 20.8 Å². The Bertz CT molecular complexity index is 1210. The summed E-state index contributed by atoms with van der Waals surface area (Å²) in [5, 5.41) is 1.30. The summed E-state index contributed by atoms with van der Waals surface area (Å²) >= 11 is 6.04. The van der Waals surface area contributed by atoms with Crippen LogP contribution in [0, 0.1) is 12.8 Å². The minimum Gasteiger partial charge on any atom is -0.496 e. The van der Waals surface area contributed by atoms with Gasteiger partial charge in [0.1, 0.15) is 11.3 Å². The third-order valence-corrected chi connectivity index (χ3v) is 6.13. The summed E-state index contributed by atoms with van der Waals surface area (Å²) < 4.78 is 10.9. The fourth-order valence-corrected chi connectivity index (χ4v) is 4.20. The highest BCUT2D eigenvalue weighted by molar-refractivity contribution is 6.31. The third kappa shape index (κ3) is 4.66. The molecule has 3 aromatic rings. The van der Waals surface area contributed by atoms with Crippen molar-refractivity contribution in [3.8, 4) is 5.75 Å². The van der Waals surface area contributed by atoms with Crippen molar-refractivity contribution in [1.82, 2.24) is 15.8 Å². The number of likely N-dealkylation sites (tertiary alicyclic amines) is 1. The summed E-state index contributed by atoms with van der Waals surface area (Å²) in [6.07, 6.45) is 0.944. The number of hydrogen-bond donors (Lipinski definition) is 2. The number of ether oxygens (including phenoxy) is 1. The van der Waals surface area contributed by atoms with Gasteiger partial charge in [0.2, 0.25) is 5.91 Å². The minimum absolute atomic E-state index is 0.160. The van der Waals surface area contributed by atoms with Crippen LogP contribution in [-0.4, -0.2) is 42.8 Å². The molecule has 172 valence electrons. The Labute approximate surface area is 195 Å². The molecule has 0 spiro atoms. The van der Waals surface area contributed by atoms with E-state index in [-0.39, 0.29) is 23.5 Å². The molecule has 3 amide bonds. The minimum atomic E-state index is -0.516. The highest BCUT2D eigenvalue weighted by Gasteiger charge is 2.29. The highest BCUT2D eigenvalue weighted by Crippen LogP contribution is 2.27. The normalized spacial score (nSPS) is 14.2. The number of carbonyl (C=O) groups is 3. The SMILES string of the molecule is COc1ccc(Cl)cc1C(=O)N1CCC(C(=O)NNC(=O)c2oc3ccccc3c2C)CC1. The molecule has 1 saturated heterocycles. The van der Waals surface area contributed by atoms with Crippen LogP contribution in [0.3, 0.4) is 0 Å². The topological polar surface area (TPSA) is 101 Å². The molecule has 0 saturated carbocycles. The van der Waals surface area contributed by atoms with E-state index < -0.39 is 5.91 Å². The van der Waals surface area contributed by atoms with Gasteiger partial charge in [0, 0.05) is 35.0 Å². The van der Waals surface area contributed by atoms with E-state index in [9.17, 15) is 14.4 Å². The van der Waals surface area contributed by atoms with Crippen LogP contribution in [0.25, 0.3) is 11.0 Å². The summed E-state index contributed by atoms with van der Waals surface area (Å²) in [6, 6.07) is 12.2. The fraction of sp³-hybridized carbons (Fsp3) is 0.292. The van der Waals surface area contributed by atoms with Crippen LogP contribution in [0.2, 0.25) is 5.02 Å². The van der Waals surface area contributed by atoms with Gasteiger partial charge in [-0.15, -0.1) is 0 Å². The molecular formula is C24H24ClN3O5. The Balaban J connectivity index is 1.32. The molecule has 4 rings (SSSR count). The number of hydrogen-bond acceptors (Lipinski definition) is 5. The second kappa shape index (κ2) is 9.54. The summed E-state index contributed by atoms with van der Waals surface area (Å²) in [6.45, 7) is 2.61. The summed E-state index contributed by atoms with van der Waals surface area (Å²) in [7, 11) is 1.50. The van der Waals surface area contributed by atoms with Crippen molar-refractivity contribution in [1.29, 1.82) is 0 Å². The zero-order valence-corrected chi connectivity index (χ0v) is 19.1. The molecule has 1 aliphatic heterocycles. The maximum absolute atomic E-state index is 12.9. The van der Waals surface area contributed by atoms with Gasteiger partial charge in [0.05, 0.1) is 12.7 Å². The molecule has 1 aliphatic rings. The van der Waals surface area contributed by atoms with Crippen LogP contribution >= 0.6 is 11.6 Å². The Morgan fingerprint density at radius 3 is 2.52 bits per heavy atom. The lowest BCUT2D eigenvalue weighted by Crippen LogP contribution is -2.48. The molecule has 0 unspecified atom stereocenters. The van der Waals surface area contributed by atoms with Crippen LogP contribution < -0.4 is 15.6 Å². The van der Waals surface area contributed by atoms with Crippen molar-refractivity contribution in [3.63, 3.8) is 0 Å². The van der Waals surface area contributed by atoms with Crippen molar-refractivity contribution in [3.05, 3.63) is 64.4 Å². The van der Waals surface area contributed by atoms with E-state index in [1.807, 2.05) is 18.2 Å². The van der Waals surface area contributed by atoms with Crippen molar-refractivity contribution in [2.75, 3.05) is 20.2 Å². The molecule has 1 fully saturated rings. The maximum Gasteiger partial charge on any atom is 0.305 e. The number of benzene rings is 2. The molecule has 9 heteroatoms. The van der Waals surface area contributed by atoms with E-state index in [1.165, 1.54) is 7.11 Å². The quantitative estimate of drug-likeness (QED) is 0.567. The van der Waals surface area contributed by atoms with Gasteiger partial charge in [0.15, 0.2) is 5.76 Å². The lowest BCUT2D eigenvalue weighted by molar-refractivity contribution is -0.127. The highest BCUT2D eigenvalue weighted by atomic mass is 35.5. The van der Waals surface area contributed by atoms with Crippen molar-refractivity contribution in [2.45, 2.75) is 19.8 Å². The number of nitrogens with one attached hydrogen (secondary N) is 2. The molecule has 0 bridgehead atoms. The first kappa shape index (κ1) is 22.7. The van der Waals surface area contributed by atoms with Gasteiger partial charge in [-0.3, -0.25) is 25.2 Å². The predicted octanol–water partition coefficient (Wildman–Crippen LogP) is 3.72. The van der Waals surface area contributed by atoms with Gasteiger partial charge in [-0.05, 0) is 44.0 Å². The van der Waals surface area contributed by atoms with Crippen LogP contribution in [0.15, 0.2) is 46.9 Å². The Morgan fingerprint density at radius 2 is 1.82 bits per heavy atom. The number of methoxy groups -OCH3 is 1. The number of carbonyl (C=O) groups excluding carboxylic acids is 3. The molecule has 8 nitrogen and oxygen atoms in total. The zero-order chi connectivity index (χ0) is 23.5. The Hall–Kier alpha value is -3.52. The van der Waals surface area contributed by atoms with E-state index >= 15 is 0 Å². The second-order valence-electron chi connectivity index (χ2n) is 7.91.